The number of benzene rings is 1. The summed E-state index contributed by atoms with van der Waals surface area (Å²) < 4.78 is 11.1. The van der Waals surface area contributed by atoms with Gasteiger partial charge in [-0.05, 0) is 24.3 Å². The molecule has 0 bridgehead atoms. The van der Waals surface area contributed by atoms with E-state index in [0.29, 0.717) is 11.3 Å². The van der Waals surface area contributed by atoms with E-state index in [2.05, 4.69) is 6.07 Å². The third-order valence-corrected chi connectivity index (χ3v) is 3.61. The summed E-state index contributed by atoms with van der Waals surface area (Å²) in [5.74, 6) is 3.55. The molecule has 16 heavy (non-hydrogen) atoms. The average molecular weight is 235 g/mol. The van der Waals surface area contributed by atoms with Crippen molar-refractivity contribution in [1.29, 1.82) is 5.26 Å². The number of rotatable bonds is 3. The van der Waals surface area contributed by atoms with E-state index in [1.807, 2.05) is 11.8 Å². The van der Waals surface area contributed by atoms with Crippen molar-refractivity contribution in [2.24, 2.45) is 0 Å². The molecule has 1 aromatic carbocycles. The number of ether oxygens (including phenoxy) is 2. The maximum atomic E-state index is 8.78. The normalized spacial score (nSPS) is 19.1. The standard InChI is InChI=1S/C12H13NO2S/c1-14-12-6-9(7-13)2-3-11(12)15-10-4-5-16-8-10/h2-3,6,10H,4-5,8H2,1H3. The fraction of sp³-hybridized carbons (Fsp3) is 0.417. The Morgan fingerprint density at radius 1 is 1.44 bits per heavy atom. The first-order valence-electron chi connectivity index (χ1n) is 5.16. The van der Waals surface area contributed by atoms with Gasteiger partial charge in [0, 0.05) is 11.8 Å². The molecule has 4 heteroatoms. The molecule has 0 aromatic heterocycles. The third-order valence-electron chi connectivity index (χ3n) is 2.47. The molecule has 1 fully saturated rings. The zero-order valence-corrected chi connectivity index (χ0v) is 9.92. The quantitative estimate of drug-likeness (QED) is 0.807. The van der Waals surface area contributed by atoms with Crippen molar-refractivity contribution in [2.75, 3.05) is 18.6 Å². The molecule has 84 valence electrons. The Morgan fingerprint density at radius 2 is 2.31 bits per heavy atom. The largest absolute Gasteiger partial charge is 0.493 e. The fourth-order valence-corrected chi connectivity index (χ4v) is 2.71. The lowest BCUT2D eigenvalue weighted by Crippen LogP contribution is -2.15. The molecule has 1 aliphatic rings. The highest BCUT2D eigenvalue weighted by atomic mass is 32.2. The molecule has 0 aliphatic carbocycles. The second kappa shape index (κ2) is 5.13. The Morgan fingerprint density at radius 3 is 2.94 bits per heavy atom. The second-order valence-electron chi connectivity index (χ2n) is 3.58. The van der Waals surface area contributed by atoms with Crippen LogP contribution in [0, 0.1) is 11.3 Å². The van der Waals surface area contributed by atoms with Gasteiger partial charge in [0.05, 0.1) is 18.7 Å². The molecule has 1 heterocycles. The number of methoxy groups -OCH3 is 1. The molecule has 0 N–H and O–H groups in total. The van der Waals surface area contributed by atoms with Crippen molar-refractivity contribution in [3.63, 3.8) is 0 Å². The third kappa shape index (κ3) is 2.42. The van der Waals surface area contributed by atoms with Gasteiger partial charge in [0.1, 0.15) is 6.10 Å². The first-order chi connectivity index (χ1) is 7.83. The number of hydrogen-bond donors (Lipinski definition) is 0. The van der Waals surface area contributed by atoms with Crippen molar-refractivity contribution in [1.82, 2.24) is 0 Å². The molecule has 3 nitrogen and oxygen atoms in total. The minimum atomic E-state index is 0.270. The lowest BCUT2D eigenvalue weighted by atomic mass is 10.2. The van der Waals surface area contributed by atoms with Crippen LogP contribution in [0.5, 0.6) is 11.5 Å². The van der Waals surface area contributed by atoms with Crippen molar-refractivity contribution in [3.05, 3.63) is 23.8 Å². The monoisotopic (exact) mass is 235 g/mol. The van der Waals surface area contributed by atoms with E-state index >= 15 is 0 Å². The zero-order valence-electron chi connectivity index (χ0n) is 9.10. The van der Waals surface area contributed by atoms with Crippen LogP contribution >= 0.6 is 11.8 Å². The molecule has 1 atom stereocenters. The van der Waals surface area contributed by atoms with Gasteiger partial charge in [-0.2, -0.15) is 17.0 Å². The highest BCUT2D eigenvalue weighted by Crippen LogP contribution is 2.31. The zero-order chi connectivity index (χ0) is 11.4. The van der Waals surface area contributed by atoms with E-state index < -0.39 is 0 Å². The molecular weight excluding hydrogens is 222 g/mol. The van der Waals surface area contributed by atoms with Gasteiger partial charge in [0.25, 0.3) is 0 Å². The molecule has 0 saturated carbocycles. The lowest BCUT2D eigenvalue weighted by molar-refractivity contribution is 0.218. The van der Waals surface area contributed by atoms with Crippen LogP contribution in [0.25, 0.3) is 0 Å². The first kappa shape index (κ1) is 11.2. The maximum Gasteiger partial charge on any atom is 0.162 e. The Bertz CT molecular complexity index is 408. The predicted octanol–water partition coefficient (Wildman–Crippen LogP) is 2.45. The Balaban J connectivity index is 2.16. The Kier molecular flexibility index (Phi) is 3.58. The number of thioether (sulfide) groups is 1. The minimum Gasteiger partial charge on any atom is -0.493 e. The van der Waals surface area contributed by atoms with Crippen LogP contribution < -0.4 is 9.47 Å². The topological polar surface area (TPSA) is 42.2 Å². The molecule has 1 unspecified atom stereocenters. The van der Waals surface area contributed by atoms with E-state index in [4.69, 9.17) is 14.7 Å². The van der Waals surface area contributed by atoms with Crippen molar-refractivity contribution >= 4 is 11.8 Å². The predicted molar refractivity (Wildman–Crippen MR) is 64.1 cm³/mol. The smallest absolute Gasteiger partial charge is 0.162 e. The number of nitriles is 1. The van der Waals surface area contributed by atoms with E-state index in [0.717, 1.165) is 23.7 Å². The highest BCUT2D eigenvalue weighted by Gasteiger charge is 2.18. The van der Waals surface area contributed by atoms with Crippen LogP contribution in [0.1, 0.15) is 12.0 Å². The van der Waals surface area contributed by atoms with Gasteiger partial charge >= 0.3 is 0 Å². The first-order valence-corrected chi connectivity index (χ1v) is 6.31. The molecule has 0 spiro atoms. The highest BCUT2D eigenvalue weighted by molar-refractivity contribution is 7.99. The van der Waals surface area contributed by atoms with E-state index in [1.54, 1.807) is 25.3 Å². The van der Waals surface area contributed by atoms with Crippen LogP contribution in [0.2, 0.25) is 0 Å². The van der Waals surface area contributed by atoms with E-state index in [1.165, 1.54) is 0 Å². The Hall–Kier alpha value is -1.34. The second-order valence-corrected chi connectivity index (χ2v) is 4.73. The molecule has 1 saturated heterocycles. The molecular formula is C12H13NO2S. The molecule has 0 radical (unpaired) electrons. The summed E-state index contributed by atoms with van der Waals surface area (Å²) in [7, 11) is 1.59. The van der Waals surface area contributed by atoms with Gasteiger partial charge in [-0.3, -0.25) is 0 Å². The van der Waals surface area contributed by atoms with Gasteiger partial charge in [-0.25, -0.2) is 0 Å². The summed E-state index contributed by atoms with van der Waals surface area (Å²) >= 11 is 1.90. The summed E-state index contributed by atoms with van der Waals surface area (Å²) in [6, 6.07) is 7.34. The van der Waals surface area contributed by atoms with Gasteiger partial charge in [0.2, 0.25) is 0 Å². The van der Waals surface area contributed by atoms with Crippen LogP contribution in [-0.2, 0) is 0 Å². The maximum absolute atomic E-state index is 8.78. The van der Waals surface area contributed by atoms with Crippen LogP contribution in [-0.4, -0.2) is 24.7 Å². The van der Waals surface area contributed by atoms with Crippen LogP contribution in [0.4, 0.5) is 0 Å². The number of hydrogen-bond acceptors (Lipinski definition) is 4. The van der Waals surface area contributed by atoms with Crippen molar-refractivity contribution in [2.45, 2.75) is 12.5 Å². The Labute approximate surface area is 99.4 Å². The van der Waals surface area contributed by atoms with Crippen LogP contribution in [0.15, 0.2) is 18.2 Å². The summed E-state index contributed by atoms with van der Waals surface area (Å²) in [5.41, 5.74) is 0.588. The molecule has 1 aromatic rings. The lowest BCUT2D eigenvalue weighted by Gasteiger charge is -2.15. The molecule has 0 amide bonds. The minimum absolute atomic E-state index is 0.270. The molecule has 1 aliphatic heterocycles. The summed E-state index contributed by atoms with van der Waals surface area (Å²) in [5, 5.41) is 8.78. The van der Waals surface area contributed by atoms with Crippen molar-refractivity contribution < 1.29 is 9.47 Å². The summed E-state index contributed by atoms with van der Waals surface area (Å²) in [6.07, 6.45) is 1.35. The van der Waals surface area contributed by atoms with E-state index in [-0.39, 0.29) is 6.10 Å². The van der Waals surface area contributed by atoms with E-state index in [9.17, 15) is 0 Å². The average Bonchev–Trinajstić information content (AvgIpc) is 2.82. The SMILES string of the molecule is COc1cc(C#N)ccc1OC1CCSC1. The fourth-order valence-electron chi connectivity index (χ4n) is 1.62. The van der Waals surface area contributed by atoms with Gasteiger partial charge in [-0.1, -0.05) is 0 Å². The summed E-state index contributed by atoms with van der Waals surface area (Å²) in [6.45, 7) is 0. The van der Waals surface area contributed by atoms with Gasteiger partial charge in [-0.15, -0.1) is 0 Å². The summed E-state index contributed by atoms with van der Waals surface area (Å²) in [4.78, 5) is 0. The molecule has 2 rings (SSSR count). The van der Waals surface area contributed by atoms with Crippen molar-refractivity contribution in [3.8, 4) is 17.6 Å². The number of nitrogens with zero attached hydrogens (tertiary/aromatic N) is 1. The van der Waals surface area contributed by atoms with Crippen LogP contribution in [0.3, 0.4) is 0 Å². The van der Waals surface area contributed by atoms with Gasteiger partial charge in [0.15, 0.2) is 11.5 Å². The van der Waals surface area contributed by atoms with Gasteiger partial charge < -0.3 is 9.47 Å².